The van der Waals surface area contributed by atoms with E-state index in [1.807, 2.05) is 13.0 Å². The number of halogens is 1. The Labute approximate surface area is 149 Å². The van der Waals surface area contributed by atoms with E-state index in [1.165, 1.54) is 7.11 Å². The summed E-state index contributed by atoms with van der Waals surface area (Å²) in [7, 11) is 2.88. The van der Waals surface area contributed by atoms with Crippen molar-refractivity contribution in [2.45, 2.75) is 26.2 Å². The van der Waals surface area contributed by atoms with E-state index in [0.717, 1.165) is 5.56 Å². The Morgan fingerprint density at radius 1 is 1.38 bits per heavy atom. The third kappa shape index (κ3) is 3.56. The van der Waals surface area contributed by atoms with Crippen LogP contribution in [-0.2, 0) is 14.3 Å². The van der Waals surface area contributed by atoms with Crippen LogP contribution in [0.2, 0.25) is 0 Å². The summed E-state index contributed by atoms with van der Waals surface area (Å²) >= 11 is 3.46. The lowest BCUT2D eigenvalue weighted by Crippen LogP contribution is -2.34. The van der Waals surface area contributed by atoms with E-state index < -0.39 is 11.9 Å². The molecule has 0 aliphatic carbocycles. The molecule has 1 N–H and O–H groups in total. The molecular weight excluding hydrogens is 378 g/mol. The first kappa shape index (κ1) is 18.3. The summed E-state index contributed by atoms with van der Waals surface area (Å²) in [6, 6.07) is 3.63. The Balaban J connectivity index is 2.57. The van der Waals surface area contributed by atoms with Crippen molar-refractivity contribution in [2.24, 2.45) is 0 Å². The minimum Gasteiger partial charge on any atom is -0.492 e. The zero-order valence-electron chi connectivity index (χ0n) is 14.1. The summed E-state index contributed by atoms with van der Waals surface area (Å²) in [5.41, 5.74) is 1.73. The fourth-order valence-electron chi connectivity index (χ4n) is 2.82. The van der Waals surface area contributed by atoms with E-state index in [2.05, 4.69) is 21.2 Å². The van der Waals surface area contributed by atoms with E-state index in [4.69, 9.17) is 14.2 Å². The molecule has 0 aromatic heterocycles. The minimum atomic E-state index is -0.456. The van der Waals surface area contributed by atoms with E-state index >= 15 is 0 Å². The van der Waals surface area contributed by atoms with Gasteiger partial charge in [-0.05, 0) is 47.5 Å². The number of nitrogens with one attached hydrogen (secondary N) is 1. The van der Waals surface area contributed by atoms with Crippen molar-refractivity contribution in [3.8, 4) is 11.5 Å². The van der Waals surface area contributed by atoms with E-state index in [1.54, 1.807) is 20.1 Å². The van der Waals surface area contributed by atoms with Crippen molar-refractivity contribution in [1.29, 1.82) is 0 Å². The van der Waals surface area contributed by atoms with Crippen LogP contribution in [0.3, 0.4) is 0 Å². The second-order valence-corrected chi connectivity index (χ2v) is 6.16. The standard InChI is InChI=1S/C17H20BrNO5/c1-5-24-13-7-10(6-12(18)16(13)22-3)11-8-14(20)19-9(2)15(11)17(21)23-4/h6-7,11H,5,8H2,1-4H3,(H,19,20)/t11-/m0/s1. The van der Waals surface area contributed by atoms with Gasteiger partial charge in [0.25, 0.3) is 0 Å². The monoisotopic (exact) mass is 397 g/mol. The van der Waals surface area contributed by atoms with Gasteiger partial charge in [-0.2, -0.15) is 0 Å². The number of hydrogen-bond donors (Lipinski definition) is 1. The second kappa shape index (κ2) is 7.70. The highest BCUT2D eigenvalue weighted by Crippen LogP contribution is 2.42. The van der Waals surface area contributed by atoms with Gasteiger partial charge in [0, 0.05) is 18.0 Å². The quantitative estimate of drug-likeness (QED) is 0.773. The third-order valence-corrected chi connectivity index (χ3v) is 4.40. The predicted octanol–water partition coefficient (Wildman–Crippen LogP) is 2.91. The van der Waals surface area contributed by atoms with E-state index in [9.17, 15) is 9.59 Å². The number of benzene rings is 1. The molecule has 0 saturated carbocycles. The van der Waals surface area contributed by atoms with Gasteiger partial charge in [-0.3, -0.25) is 4.79 Å². The van der Waals surface area contributed by atoms with Gasteiger partial charge in [-0.25, -0.2) is 4.79 Å². The first-order valence-corrected chi connectivity index (χ1v) is 8.31. The molecule has 0 radical (unpaired) electrons. The molecule has 1 amide bonds. The van der Waals surface area contributed by atoms with Crippen molar-refractivity contribution < 1.29 is 23.8 Å². The summed E-state index contributed by atoms with van der Waals surface area (Å²) in [5, 5.41) is 2.69. The van der Waals surface area contributed by atoms with Crippen molar-refractivity contribution in [2.75, 3.05) is 20.8 Å². The molecular formula is C17H20BrNO5. The van der Waals surface area contributed by atoms with Crippen LogP contribution in [-0.4, -0.2) is 32.7 Å². The molecule has 1 atom stereocenters. The number of amides is 1. The number of methoxy groups -OCH3 is 2. The van der Waals surface area contributed by atoms with Gasteiger partial charge >= 0.3 is 5.97 Å². The Kier molecular flexibility index (Phi) is 5.88. The summed E-state index contributed by atoms with van der Waals surface area (Å²) in [4.78, 5) is 24.2. The lowest BCUT2D eigenvalue weighted by molar-refractivity contribution is -0.136. The molecule has 6 nitrogen and oxygen atoms in total. The summed E-state index contributed by atoms with van der Waals surface area (Å²) in [6.45, 7) is 4.03. The van der Waals surface area contributed by atoms with E-state index in [-0.39, 0.29) is 12.3 Å². The highest BCUT2D eigenvalue weighted by atomic mass is 79.9. The second-order valence-electron chi connectivity index (χ2n) is 5.30. The molecule has 1 aliphatic heterocycles. The summed E-state index contributed by atoms with van der Waals surface area (Å²) in [6.07, 6.45) is 0.159. The topological polar surface area (TPSA) is 73.9 Å². The summed E-state index contributed by atoms with van der Waals surface area (Å²) < 4.78 is 16.6. The zero-order valence-corrected chi connectivity index (χ0v) is 15.7. The van der Waals surface area contributed by atoms with Crippen LogP contribution in [0, 0.1) is 0 Å². The smallest absolute Gasteiger partial charge is 0.336 e. The number of carbonyl (C=O) groups is 2. The molecule has 7 heteroatoms. The molecule has 1 aromatic carbocycles. The van der Waals surface area contributed by atoms with Crippen molar-refractivity contribution in [3.05, 3.63) is 33.4 Å². The third-order valence-electron chi connectivity index (χ3n) is 3.81. The van der Waals surface area contributed by atoms with Gasteiger partial charge in [-0.1, -0.05) is 0 Å². The molecule has 0 bridgehead atoms. The van der Waals surface area contributed by atoms with Gasteiger partial charge in [0.2, 0.25) is 5.91 Å². The van der Waals surface area contributed by atoms with Crippen LogP contribution in [0.25, 0.3) is 0 Å². The Morgan fingerprint density at radius 3 is 2.67 bits per heavy atom. The molecule has 1 heterocycles. The first-order valence-electron chi connectivity index (χ1n) is 7.52. The number of allylic oxidation sites excluding steroid dienone is 1. The number of hydrogen-bond acceptors (Lipinski definition) is 5. The minimum absolute atomic E-state index is 0.143. The van der Waals surface area contributed by atoms with Crippen LogP contribution < -0.4 is 14.8 Å². The van der Waals surface area contributed by atoms with Crippen LogP contribution in [0.15, 0.2) is 27.9 Å². The van der Waals surface area contributed by atoms with Gasteiger partial charge in [0.1, 0.15) is 0 Å². The molecule has 0 spiro atoms. The van der Waals surface area contributed by atoms with Crippen LogP contribution in [0.5, 0.6) is 11.5 Å². The van der Waals surface area contributed by atoms with Crippen LogP contribution >= 0.6 is 15.9 Å². The maximum atomic E-state index is 12.2. The highest BCUT2D eigenvalue weighted by Gasteiger charge is 2.33. The lowest BCUT2D eigenvalue weighted by atomic mass is 9.84. The molecule has 2 rings (SSSR count). The molecule has 1 aromatic rings. The molecule has 0 unspecified atom stereocenters. The maximum absolute atomic E-state index is 12.2. The normalized spacial score (nSPS) is 17.4. The zero-order chi connectivity index (χ0) is 17.9. The van der Waals surface area contributed by atoms with Crippen LogP contribution in [0.1, 0.15) is 31.7 Å². The molecule has 130 valence electrons. The van der Waals surface area contributed by atoms with Crippen LogP contribution in [0.4, 0.5) is 0 Å². The Morgan fingerprint density at radius 2 is 2.08 bits per heavy atom. The number of rotatable bonds is 5. The van der Waals surface area contributed by atoms with Crippen molar-refractivity contribution in [1.82, 2.24) is 5.32 Å². The average molecular weight is 398 g/mol. The van der Waals surface area contributed by atoms with Gasteiger partial charge in [0.05, 0.1) is 30.9 Å². The van der Waals surface area contributed by atoms with Crippen molar-refractivity contribution in [3.63, 3.8) is 0 Å². The van der Waals surface area contributed by atoms with Crippen molar-refractivity contribution >= 4 is 27.8 Å². The fraction of sp³-hybridized carbons (Fsp3) is 0.412. The Hall–Kier alpha value is -2.02. The average Bonchev–Trinajstić information content (AvgIpc) is 2.53. The molecule has 24 heavy (non-hydrogen) atoms. The first-order chi connectivity index (χ1) is 11.4. The van der Waals surface area contributed by atoms with E-state index in [0.29, 0.717) is 33.8 Å². The van der Waals surface area contributed by atoms with Gasteiger partial charge in [0.15, 0.2) is 11.5 Å². The number of esters is 1. The largest absolute Gasteiger partial charge is 0.492 e. The highest BCUT2D eigenvalue weighted by molar-refractivity contribution is 9.10. The summed E-state index contributed by atoms with van der Waals surface area (Å²) in [5.74, 6) is 0.114. The van der Waals surface area contributed by atoms with Gasteiger partial charge < -0.3 is 19.5 Å². The maximum Gasteiger partial charge on any atom is 0.336 e. The Bertz CT molecular complexity index is 698. The fourth-order valence-corrected chi connectivity index (χ4v) is 3.44. The predicted molar refractivity (Wildman–Crippen MR) is 92.1 cm³/mol. The molecule has 0 saturated heterocycles. The lowest BCUT2D eigenvalue weighted by Gasteiger charge is -2.27. The molecule has 1 aliphatic rings. The van der Waals surface area contributed by atoms with Gasteiger partial charge in [-0.15, -0.1) is 0 Å². The molecule has 0 fully saturated rings. The number of carbonyl (C=O) groups excluding carboxylic acids is 2. The number of ether oxygens (including phenoxy) is 3. The SMILES string of the molecule is CCOc1cc([C@@H]2CC(=O)NC(C)=C2C(=O)OC)cc(Br)c1OC.